The Hall–Kier alpha value is -5.96. The Bertz CT molecular complexity index is 2560. The molecule has 0 saturated carbocycles. The molecule has 0 spiro atoms. The van der Waals surface area contributed by atoms with Gasteiger partial charge < -0.3 is 4.90 Å². The van der Waals surface area contributed by atoms with Crippen molar-refractivity contribution in [3.63, 3.8) is 0 Å². The predicted octanol–water partition coefficient (Wildman–Crippen LogP) is 13.7. The molecular formula is C46H31NS. The van der Waals surface area contributed by atoms with Crippen LogP contribution in [0, 0.1) is 0 Å². The Morgan fingerprint density at radius 1 is 0.292 bits per heavy atom. The average molecular weight is 630 g/mol. The molecule has 0 radical (unpaired) electrons. The molecule has 9 aromatic rings. The molecule has 0 aliphatic rings. The second-order valence-corrected chi connectivity index (χ2v) is 13.3. The summed E-state index contributed by atoms with van der Waals surface area (Å²) in [7, 11) is 0. The molecule has 48 heavy (non-hydrogen) atoms. The largest absolute Gasteiger partial charge is 0.310 e. The topological polar surface area (TPSA) is 3.24 Å². The molecule has 0 bridgehead atoms. The van der Waals surface area contributed by atoms with Gasteiger partial charge in [-0.2, -0.15) is 0 Å². The van der Waals surface area contributed by atoms with Gasteiger partial charge in [-0.15, -0.1) is 11.3 Å². The second kappa shape index (κ2) is 12.0. The van der Waals surface area contributed by atoms with E-state index in [2.05, 4.69) is 193 Å². The van der Waals surface area contributed by atoms with E-state index >= 15 is 0 Å². The third kappa shape index (κ3) is 5.23. The van der Waals surface area contributed by atoms with Crippen LogP contribution in [0.4, 0.5) is 17.1 Å². The van der Waals surface area contributed by atoms with Gasteiger partial charge in [0, 0.05) is 37.2 Å². The summed E-state index contributed by atoms with van der Waals surface area (Å²) in [4.78, 5) is 2.37. The van der Waals surface area contributed by atoms with E-state index in [1.54, 1.807) is 0 Å². The van der Waals surface area contributed by atoms with E-state index in [0.717, 1.165) is 17.1 Å². The number of hydrogen-bond donors (Lipinski definition) is 0. The summed E-state index contributed by atoms with van der Waals surface area (Å²) in [6, 6.07) is 68.2. The Balaban J connectivity index is 1.14. The van der Waals surface area contributed by atoms with Crippen molar-refractivity contribution in [2.24, 2.45) is 0 Å². The fraction of sp³-hybridized carbons (Fsp3) is 0. The number of fused-ring (bicyclic) bond motifs is 4. The molecule has 1 nitrogen and oxygen atoms in total. The van der Waals surface area contributed by atoms with Crippen molar-refractivity contribution in [3.8, 4) is 33.4 Å². The number of benzene rings is 8. The lowest BCUT2D eigenvalue weighted by Gasteiger charge is -2.27. The predicted molar refractivity (Wildman–Crippen MR) is 208 cm³/mol. The molecule has 0 aliphatic carbocycles. The quantitative estimate of drug-likeness (QED) is 0.177. The van der Waals surface area contributed by atoms with Crippen molar-refractivity contribution in [1.29, 1.82) is 0 Å². The molecule has 2 heteroatoms. The van der Waals surface area contributed by atoms with Crippen LogP contribution in [-0.4, -0.2) is 0 Å². The highest BCUT2D eigenvalue weighted by molar-refractivity contribution is 7.25. The highest BCUT2D eigenvalue weighted by Gasteiger charge is 2.15. The van der Waals surface area contributed by atoms with Crippen LogP contribution in [0.15, 0.2) is 188 Å². The van der Waals surface area contributed by atoms with Gasteiger partial charge in [0.1, 0.15) is 0 Å². The van der Waals surface area contributed by atoms with Crippen LogP contribution in [0.1, 0.15) is 0 Å². The summed E-state index contributed by atoms with van der Waals surface area (Å²) in [5.41, 5.74) is 10.6. The summed E-state index contributed by atoms with van der Waals surface area (Å²) in [5.74, 6) is 0. The lowest BCUT2D eigenvalue weighted by molar-refractivity contribution is 1.28. The van der Waals surface area contributed by atoms with E-state index in [4.69, 9.17) is 0 Å². The monoisotopic (exact) mass is 629 g/mol. The van der Waals surface area contributed by atoms with E-state index in [-0.39, 0.29) is 0 Å². The summed E-state index contributed by atoms with van der Waals surface area (Å²) in [5, 5.41) is 5.15. The van der Waals surface area contributed by atoms with Gasteiger partial charge in [0.2, 0.25) is 0 Å². The fourth-order valence-corrected chi connectivity index (χ4v) is 7.89. The second-order valence-electron chi connectivity index (χ2n) is 12.2. The van der Waals surface area contributed by atoms with Crippen molar-refractivity contribution in [3.05, 3.63) is 188 Å². The zero-order chi connectivity index (χ0) is 31.9. The van der Waals surface area contributed by atoms with Gasteiger partial charge in [0.25, 0.3) is 0 Å². The number of nitrogens with zero attached hydrogens (tertiary/aromatic N) is 1. The van der Waals surface area contributed by atoms with Crippen LogP contribution >= 0.6 is 11.3 Å². The molecule has 1 heterocycles. The Morgan fingerprint density at radius 2 is 0.833 bits per heavy atom. The minimum Gasteiger partial charge on any atom is -0.310 e. The molecule has 8 aromatic carbocycles. The highest BCUT2D eigenvalue weighted by Crippen LogP contribution is 2.40. The minimum absolute atomic E-state index is 1.11. The molecule has 0 amide bonds. The Morgan fingerprint density at radius 3 is 1.62 bits per heavy atom. The van der Waals surface area contributed by atoms with Gasteiger partial charge in [-0.25, -0.2) is 0 Å². The summed E-state index contributed by atoms with van der Waals surface area (Å²) < 4.78 is 2.66. The van der Waals surface area contributed by atoms with Gasteiger partial charge in [-0.1, -0.05) is 127 Å². The van der Waals surface area contributed by atoms with Gasteiger partial charge in [-0.3, -0.25) is 0 Å². The smallest absolute Gasteiger partial charge is 0.0467 e. The lowest BCUT2D eigenvalue weighted by atomic mass is 9.99. The average Bonchev–Trinajstić information content (AvgIpc) is 3.54. The molecular weight excluding hydrogens is 599 g/mol. The summed E-state index contributed by atoms with van der Waals surface area (Å²) in [6.45, 7) is 0. The molecule has 0 unspecified atom stereocenters. The molecule has 9 rings (SSSR count). The molecule has 0 fully saturated rings. The third-order valence-electron chi connectivity index (χ3n) is 9.23. The number of thiophene rings is 1. The van der Waals surface area contributed by atoms with Crippen LogP contribution in [-0.2, 0) is 0 Å². The van der Waals surface area contributed by atoms with Crippen LogP contribution in [0.25, 0.3) is 64.3 Å². The molecule has 1 aromatic heterocycles. The Labute approximate surface area is 284 Å². The van der Waals surface area contributed by atoms with E-state index in [1.807, 2.05) is 11.3 Å². The Kier molecular flexibility index (Phi) is 7.07. The summed E-state index contributed by atoms with van der Waals surface area (Å²) >= 11 is 1.86. The first-order valence-electron chi connectivity index (χ1n) is 16.3. The van der Waals surface area contributed by atoms with Crippen molar-refractivity contribution in [2.45, 2.75) is 0 Å². The molecule has 0 N–H and O–H groups in total. The minimum atomic E-state index is 1.11. The maximum atomic E-state index is 2.37. The zero-order valence-electron chi connectivity index (χ0n) is 26.3. The number of hydrogen-bond acceptors (Lipinski definition) is 2. The van der Waals surface area contributed by atoms with Gasteiger partial charge in [0.05, 0.1) is 0 Å². The van der Waals surface area contributed by atoms with E-state index in [9.17, 15) is 0 Å². The third-order valence-corrected chi connectivity index (χ3v) is 10.4. The highest BCUT2D eigenvalue weighted by atomic mass is 32.1. The van der Waals surface area contributed by atoms with Crippen molar-refractivity contribution in [1.82, 2.24) is 0 Å². The van der Waals surface area contributed by atoms with Crippen LogP contribution in [0.3, 0.4) is 0 Å². The SMILES string of the molecule is c1ccc(-c2cccc(N(c3ccc(-c4ccc5sc6ccccc6c5c4)cc3)c3cccc(-c4ccc5ccccc5c4)c3)c2)cc1. The van der Waals surface area contributed by atoms with Gasteiger partial charge >= 0.3 is 0 Å². The maximum absolute atomic E-state index is 2.37. The van der Waals surface area contributed by atoms with Crippen LogP contribution < -0.4 is 4.90 Å². The van der Waals surface area contributed by atoms with Gasteiger partial charge in [-0.05, 0) is 105 Å². The van der Waals surface area contributed by atoms with Crippen molar-refractivity contribution < 1.29 is 0 Å². The van der Waals surface area contributed by atoms with Gasteiger partial charge in [0.15, 0.2) is 0 Å². The van der Waals surface area contributed by atoms with Crippen LogP contribution in [0.5, 0.6) is 0 Å². The molecule has 0 atom stereocenters. The van der Waals surface area contributed by atoms with E-state index in [0.29, 0.717) is 0 Å². The first-order chi connectivity index (χ1) is 23.8. The standard InChI is InChI=1S/C46H31NS/c1-2-10-32(11-3-1)36-14-8-16-41(29-36)47(42-17-9-15-37(30-42)38-21-20-33-12-4-5-13-35(33)28-38)40-25-22-34(23-26-40)39-24-27-46-44(31-39)43-18-6-7-19-45(43)48-46/h1-31H. The normalized spacial score (nSPS) is 11.3. The van der Waals surface area contributed by atoms with Crippen LogP contribution in [0.2, 0.25) is 0 Å². The first kappa shape index (κ1) is 28.3. The number of anilines is 3. The van der Waals surface area contributed by atoms with E-state index < -0.39 is 0 Å². The fourth-order valence-electron chi connectivity index (χ4n) is 6.80. The molecule has 0 aliphatic heterocycles. The van der Waals surface area contributed by atoms with Crippen molar-refractivity contribution >= 4 is 59.3 Å². The van der Waals surface area contributed by atoms with E-state index in [1.165, 1.54) is 64.3 Å². The summed E-state index contributed by atoms with van der Waals surface area (Å²) in [6.07, 6.45) is 0. The first-order valence-corrected chi connectivity index (χ1v) is 17.2. The molecule has 0 saturated heterocycles. The molecule has 226 valence electrons. The maximum Gasteiger partial charge on any atom is 0.0467 e. The lowest BCUT2D eigenvalue weighted by Crippen LogP contribution is -2.10. The number of rotatable bonds is 6. The zero-order valence-corrected chi connectivity index (χ0v) is 27.1. The van der Waals surface area contributed by atoms with Crippen molar-refractivity contribution in [2.75, 3.05) is 4.90 Å².